The number of nitrogens with zero attached hydrogens (tertiary/aromatic N) is 2. The van der Waals surface area contributed by atoms with Gasteiger partial charge in [-0.25, -0.2) is 8.42 Å². The molecule has 0 aliphatic carbocycles. The SMILES string of the molecule is CCN(CC)S(=O)(=O)c1ccc(NC(=O)CN2C(=O)COc3ccccc32)cc1. The number of para-hydroxylation sites is 2. The van der Waals surface area contributed by atoms with E-state index in [9.17, 15) is 18.0 Å². The van der Waals surface area contributed by atoms with Gasteiger partial charge in [0.05, 0.1) is 10.6 Å². The van der Waals surface area contributed by atoms with Gasteiger partial charge in [-0.3, -0.25) is 14.5 Å². The van der Waals surface area contributed by atoms with Crippen molar-refractivity contribution in [2.75, 3.05) is 36.5 Å². The first-order chi connectivity index (χ1) is 13.9. The van der Waals surface area contributed by atoms with Crippen LogP contribution < -0.4 is 15.0 Å². The molecule has 0 bridgehead atoms. The Morgan fingerprint density at radius 2 is 1.76 bits per heavy atom. The summed E-state index contributed by atoms with van der Waals surface area (Å²) in [5, 5.41) is 2.69. The Morgan fingerprint density at radius 1 is 1.10 bits per heavy atom. The van der Waals surface area contributed by atoms with Crippen LogP contribution in [-0.4, -0.2) is 50.8 Å². The molecule has 9 heteroatoms. The third kappa shape index (κ3) is 4.41. The van der Waals surface area contributed by atoms with Gasteiger partial charge in [0.2, 0.25) is 15.9 Å². The lowest BCUT2D eigenvalue weighted by molar-refractivity contribution is -0.123. The molecule has 1 aliphatic rings. The Labute approximate surface area is 170 Å². The summed E-state index contributed by atoms with van der Waals surface area (Å²) >= 11 is 0. The average molecular weight is 417 g/mol. The molecule has 154 valence electrons. The highest BCUT2D eigenvalue weighted by Crippen LogP contribution is 2.31. The Morgan fingerprint density at radius 3 is 2.41 bits per heavy atom. The highest BCUT2D eigenvalue weighted by molar-refractivity contribution is 7.89. The first-order valence-corrected chi connectivity index (χ1v) is 10.7. The third-order valence-corrected chi connectivity index (χ3v) is 6.66. The molecule has 3 rings (SSSR count). The zero-order valence-corrected chi connectivity index (χ0v) is 17.1. The maximum absolute atomic E-state index is 12.5. The molecule has 0 radical (unpaired) electrons. The summed E-state index contributed by atoms with van der Waals surface area (Å²) in [5.74, 6) is -0.153. The summed E-state index contributed by atoms with van der Waals surface area (Å²) < 4.78 is 31.8. The van der Waals surface area contributed by atoms with E-state index in [0.717, 1.165) is 0 Å². The van der Waals surface area contributed by atoms with Gasteiger partial charge < -0.3 is 10.1 Å². The topological polar surface area (TPSA) is 96.0 Å². The molecular weight excluding hydrogens is 394 g/mol. The van der Waals surface area contributed by atoms with E-state index in [-0.39, 0.29) is 24.0 Å². The zero-order chi connectivity index (χ0) is 21.0. The summed E-state index contributed by atoms with van der Waals surface area (Å²) in [7, 11) is -3.56. The van der Waals surface area contributed by atoms with E-state index in [4.69, 9.17) is 4.74 Å². The van der Waals surface area contributed by atoms with Crippen LogP contribution in [0.1, 0.15) is 13.8 Å². The molecule has 2 aromatic carbocycles. The summed E-state index contributed by atoms with van der Waals surface area (Å²) in [6, 6.07) is 13.0. The Kier molecular flexibility index (Phi) is 6.19. The maximum atomic E-state index is 12.5. The minimum Gasteiger partial charge on any atom is -0.482 e. The fourth-order valence-corrected chi connectivity index (χ4v) is 4.55. The van der Waals surface area contributed by atoms with Gasteiger partial charge in [-0.1, -0.05) is 26.0 Å². The molecule has 1 heterocycles. The minimum atomic E-state index is -3.56. The number of carbonyl (C=O) groups excluding carboxylic acids is 2. The van der Waals surface area contributed by atoms with Crippen LogP contribution >= 0.6 is 0 Å². The summed E-state index contributed by atoms with van der Waals surface area (Å²) in [5.41, 5.74) is 0.988. The number of benzene rings is 2. The highest BCUT2D eigenvalue weighted by atomic mass is 32.2. The molecule has 0 spiro atoms. The second-order valence-corrected chi connectivity index (χ2v) is 8.34. The highest BCUT2D eigenvalue weighted by Gasteiger charge is 2.27. The Balaban J connectivity index is 1.70. The van der Waals surface area contributed by atoms with Crippen molar-refractivity contribution in [1.29, 1.82) is 0 Å². The molecule has 8 nitrogen and oxygen atoms in total. The van der Waals surface area contributed by atoms with Crippen molar-refractivity contribution >= 4 is 33.2 Å². The van der Waals surface area contributed by atoms with Crippen LogP contribution in [0.2, 0.25) is 0 Å². The fraction of sp³-hybridized carbons (Fsp3) is 0.300. The molecule has 2 amide bonds. The number of rotatable bonds is 7. The van der Waals surface area contributed by atoms with Gasteiger partial charge in [0.15, 0.2) is 6.61 Å². The van der Waals surface area contributed by atoms with E-state index in [1.165, 1.54) is 33.5 Å². The lowest BCUT2D eigenvalue weighted by Gasteiger charge is -2.28. The van der Waals surface area contributed by atoms with Crippen molar-refractivity contribution < 1.29 is 22.7 Å². The molecule has 0 atom stereocenters. The molecule has 2 aromatic rings. The molecule has 0 unspecified atom stereocenters. The molecular formula is C20H23N3O5S. The number of sulfonamides is 1. The smallest absolute Gasteiger partial charge is 0.265 e. The first kappa shape index (κ1) is 20.8. The molecule has 0 fully saturated rings. The number of fused-ring (bicyclic) bond motifs is 1. The lowest BCUT2D eigenvalue weighted by atomic mass is 10.2. The van der Waals surface area contributed by atoms with E-state index in [0.29, 0.717) is 30.2 Å². The van der Waals surface area contributed by atoms with Crippen LogP contribution in [0.4, 0.5) is 11.4 Å². The number of nitrogens with one attached hydrogen (secondary N) is 1. The number of hydrogen-bond donors (Lipinski definition) is 1. The monoisotopic (exact) mass is 417 g/mol. The van der Waals surface area contributed by atoms with Crippen LogP contribution in [0, 0.1) is 0 Å². The first-order valence-electron chi connectivity index (χ1n) is 9.29. The molecule has 29 heavy (non-hydrogen) atoms. The third-order valence-electron chi connectivity index (χ3n) is 4.59. The van der Waals surface area contributed by atoms with Crippen LogP contribution in [0.5, 0.6) is 5.75 Å². The van der Waals surface area contributed by atoms with E-state index >= 15 is 0 Å². The van der Waals surface area contributed by atoms with Gasteiger partial charge in [-0.05, 0) is 36.4 Å². The van der Waals surface area contributed by atoms with E-state index in [2.05, 4.69) is 5.32 Å². The van der Waals surface area contributed by atoms with Crippen molar-refractivity contribution in [3.63, 3.8) is 0 Å². The maximum Gasteiger partial charge on any atom is 0.265 e. The number of carbonyl (C=O) groups is 2. The normalized spacial score (nSPS) is 13.8. The van der Waals surface area contributed by atoms with E-state index < -0.39 is 15.9 Å². The zero-order valence-electron chi connectivity index (χ0n) is 16.3. The second-order valence-electron chi connectivity index (χ2n) is 6.40. The van der Waals surface area contributed by atoms with Crippen LogP contribution in [0.15, 0.2) is 53.4 Å². The number of amides is 2. The molecule has 1 N–H and O–H groups in total. The van der Waals surface area contributed by atoms with E-state index in [1.807, 2.05) is 0 Å². The van der Waals surface area contributed by atoms with Crippen LogP contribution in [0.3, 0.4) is 0 Å². The lowest BCUT2D eigenvalue weighted by Crippen LogP contribution is -2.43. The van der Waals surface area contributed by atoms with Gasteiger partial charge >= 0.3 is 0 Å². The van der Waals surface area contributed by atoms with Crippen molar-refractivity contribution in [2.24, 2.45) is 0 Å². The minimum absolute atomic E-state index is 0.123. The Hall–Kier alpha value is -2.91. The van der Waals surface area contributed by atoms with Gasteiger partial charge in [-0.15, -0.1) is 0 Å². The van der Waals surface area contributed by atoms with Crippen molar-refractivity contribution in [3.05, 3.63) is 48.5 Å². The second kappa shape index (κ2) is 8.62. The number of hydrogen-bond acceptors (Lipinski definition) is 5. The number of anilines is 2. The molecule has 0 saturated carbocycles. The summed E-state index contributed by atoms with van der Waals surface area (Å²) in [6.45, 7) is 4.03. The predicted molar refractivity (Wildman–Crippen MR) is 109 cm³/mol. The largest absolute Gasteiger partial charge is 0.482 e. The summed E-state index contributed by atoms with van der Waals surface area (Å²) in [6.07, 6.45) is 0. The van der Waals surface area contributed by atoms with Gasteiger partial charge in [0.25, 0.3) is 5.91 Å². The Bertz CT molecular complexity index is 1000. The van der Waals surface area contributed by atoms with E-state index in [1.54, 1.807) is 38.1 Å². The fourth-order valence-electron chi connectivity index (χ4n) is 3.09. The average Bonchev–Trinajstić information content (AvgIpc) is 2.71. The molecule has 0 aromatic heterocycles. The number of ether oxygens (including phenoxy) is 1. The predicted octanol–water partition coefficient (Wildman–Crippen LogP) is 2.08. The molecule has 0 saturated heterocycles. The summed E-state index contributed by atoms with van der Waals surface area (Å²) in [4.78, 5) is 26.1. The van der Waals surface area contributed by atoms with Gasteiger partial charge in [0.1, 0.15) is 12.3 Å². The molecule has 1 aliphatic heterocycles. The standard InChI is InChI=1S/C20H23N3O5S/c1-3-22(4-2)29(26,27)16-11-9-15(10-12-16)21-19(24)13-23-17-7-5-6-8-18(17)28-14-20(23)25/h5-12H,3-4,13-14H2,1-2H3,(H,21,24). The van der Waals surface area contributed by atoms with Crippen molar-refractivity contribution in [1.82, 2.24) is 4.31 Å². The quantitative estimate of drug-likeness (QED) is 0.744. The van der Waals surface area contributed by atoms with Crippen molar-refractivity contribution in [2.45, 2.75) is 18.7 Å². The van der Waals surface area contributed by atoms with Crippen LogP contribution in [-0.2, 0) is 19.6 Å². The van der Waals surface area contributed by atoms with Gasteiger partial charge in [0, 0.05) is 18.8 Å². The van der Waals surface area contributed by atoms with Crippen molar-refractivity contribution in [3.8, 4) is 5.75 Å². The van der Waals surface area contributed by atoms with Gasteiger partial charge in [-0.2, -0.15) is 4.31 Å². The van der Waals surface area contributed by atoms with Crippen LogP contribution in [0.25, 0.3) is 0 Å².